The van der Waals surface area contributed by atoms with Crippen LogP contribution in [0.4, 0.5) is 27.8 Å². The average molecular weight is 437 g/mol. The molecule has 13 nitrogen and oxygen atoms in total. The number of rotatable bonds is 4. The second-order valence-corrected chi connectivity index (χ2v) is 7.17. The number of pyridine rings is 1. The lowest BCUT2D eigenvalue weighted by Gasteiger charge is -2.33. The van der Waals surface area contributed by atoms with Crippen molar-refractivity contribution in [3.63, 3.8) is 0 Å². The van der Waals surface area contributed by atoms with E-state index in [-0.39, 0.29) is 17.6 Å². The Balaban J connectivity index is 1.81. The Kier molecular flexibility index (Phi) is 5.30. The normalized spacial score (nSPS) is 14.3. The molecule has 3 amide bonds. The van der Waals surface area contributed by atoms with E-state index >= 15 is 0 Å². The molecule has 13 heteroatoms. The quantitative estimate of drug-likeness (QED) is 0.468. The standard InChI is InChI=1S/C19H23N11O2/c1-9-13-14(28-30(5)27-13)10-6-7-22-17(16(10)29(9)4)23-11-8-12(24-19(32)21-3)25-26-15(11)18(31)20-2/h6-9H,1-5H3,(H,20,31)(H3,21,22,23,24,25,32)/t9-/m1/s1. The van der Waals surface area contributed by atoms with Crippen molar-refractivity contribution in [3.05, 3.63) is 29.7 Å². The molecule has 4 heterocycles. The first-order valence-corrected chi connectivity index (χ1v) is 9.83. The Hall–Kier alpha value is -4.29. The zero-order valence-electron chi connectivity index (χ0n) is 18.3. The van der Waals surface area contributed by atoms with Gasteiger partial charge in [0.25, 0.3) is 5.91 Å². The largest absolute Gasteiger partial charge is 0.363 e. The van der Waals surface area contributed by atoms with Crippen molar-refractivity contribution in [2.75, 3.05) is 36.7 Å². The number of amides is 3. The molecule has 1 aliphatic heterocycles. The van der Waals surface area contributed by atoms with Crippen LogP contribution in [-0.2, 0) is 7.05 Å². The van der Waals surface area contributed by atoms with Crippen LogP contribution in [0, 0.1) is 0 Å². The number of fused-ring (bicyclic) bond motifs is 3. The van der Waals surface area contributed by atoms with E-state index in [0.717, 1.165) is 22.6 Å². The van der Waals surface area contributed by atoms with Gasteiger partial charge in [0.1, 0.15) is 11.4 Å². The summed E-state index contributed by atoms with van der Waals surface area (Å²) in [4.78, 5) is 32.2. The summed E-state index contributed by atoms with van der Waals surface area (Å²) in [6, 6.07) is 2.89. The SMILES string of the molecule is CNC(=O)Nc1cc(Nc2nccc3c2N(C)[C@H](C)c2nn(C)nc2-3)c(C(=O)NC)nn1. The van der Waals surface area contributed by atoms with Gasteiger partial charge in [-0.3, -0.25) is 10.1 Å². The fourth-order valence-corrected chi connectivity index (χ4v) is 3.51. The minimum absolute atomic E-state index is 0.0459. The van der Waals surface area contributed by atoms with Crippen molar-refractivity contribution < 1.29 is 9.59 Å². The third-order valence-electron chi connectivity index (χ3n) is 5.21. The molecule has 1 atom stereocenters. The second kappa shape index (κ2) is 8.09. The first kappa shape index (κ1) is 21.0. The van der Waals surface area contributed by atoms with Crippen molar-refractivity contribution in [2.24, 2.45) is 7.05 Å². The van der Waals surface area contributed by atoms with Crippen molar-refractivity contribution in [1.82, 2.24) is 40.8 Å². The van der Waals surface area contributed by atoms with Crippen molar-refractivity contribution in [3.8, 4) is 11.3 Å². The summed E-state index contributed by atoms with van der Waals surface area (Å²) in [5.74, 6) is 0.230. The molecular formula is C19H23N11O2. The highest BCUT2D eigenvalue weighted by atomic mass is 16.2. The Labute approximate surface area is 183 Å². The van der Waals surface area contributed by atoms with Gasteiger partial charge in [0.2, 0.25) is 0 Å². The number of anilines is 4. The number of hydrogen-bond donors (Lipinski definition) is 4. The molecule has 3 aromatic rings. The predicted octanol–water partition coefficient (Wildman–Crippen LogP) is 1.03. The Morgan fingerprint density at radius 2 is 1.88 bits per heavy atom. The van der Waals surface area contributed by atoms with Crippen molar-refractivity contribution >= 4 is 34.9 Å². The first-order chi connectivity index (χ1) is 15.3. The van der Waals surface area contributed by atoms with E-state index in [1.807, 2.05) is 24.9 Å². The van der Waals surface area contributed by atoms with E-state index in [2.05, 4.69) is 46.6 Å². The molecule has 0 fully saturated rings. The van der Waals surface area contributed by atoms with Gasteiger partial charge >= 0.3 is 6.03 Å². The second-order valence-electron chi connectivity index (χ2n) is 7.17. The van der Waals surface area contributed by atoms with E-state index in [1.165, 1.54) is 20.2 Å². The lowest BCUT2D eigenvalue weighted by atomic mass is 9.99. The van der Waals surface area contributed by atoms with Crippen LogP contribution in [0.25, 0.3) is 11.3 Å². The molecule has 0 spiro atoms. The predicted molar refractivity (Wildman–Crippen MR) is 118 cm³/mol. The van der Waals surface area contributed by atoms with Crippen LogP contribution >= 0.6 is 0 Å². The molecule has 0 radical (unpaired) electrons. The maximum Gasteiger partial charge on any atom is 0.320 e. The van der Waals surface area contributed by atoms with Crippen LogP contribution in [0.2, 0.25) is 0 Å². The molecule has 0 aliphatic carbocycles. The van der Waals surface area contributed by atoms with Crippen LogP contribution in [-0.4, -0.2) is 63.3 Å². The topological polar surface area (TPSA) is 155 Å². The number of aromatic nitrogens is 6. The van der Waals surface area contributed by atoms with Gasteiger partial charge in [-0.15, -0.1) is 10.2 Å². The molecule has 4 rings (SSSR count). The van der Waals surface area contributed by atoms with Gasteiger partial charge in [-0.25, -0.2) is 9.78 Å². The van der Waals surface area contributed by atoms with Gasteiger partial charge in [0.15, 0.2) is 17.3 Å². The van der Waals surface area contributed by atoms with Gasteiger partial charge in [-0.1, -0.05) is 0 Å². The lowest BCUT2D eigenvalue weighted by Crippen LogP contribution is -2.28. The third kappa shape index (κ3) is 3.53. The minimum Gasteiger partial charge on any atom is -0.363 e. The summed E-state index contributed by atoms with van der Waals surface area (Å²) in [5.41, 5.74) is 3.69. The fourth-order valence-electron chi connectivity index (χ4n) is 3.51. The smallest absolute Gasteiger partial charge is 0.320 e. The Morgan fingerprint density at radius 1 is 1.09 bits per heavy atom. The van der Waals surface area contributed by atoms with Crippen LogP contribution in [0.5, 0.6) is 0 Å². The van der Waals surface area contributed by atoms with E-state index < -0.39 is 11.9 Å². The Morgan fingerprint density at radius 3 is 2.59 bits per heavy atom. The number of aryl methyl sites for hydroxylation is 1. The molecule has 4 N–H and O–H groups in total. The summed E-state index contributed by atoms with van der Waals surface area (Å²) in [5, 5.41) is 27.6. The maximum atomic E-state index is 12.4. The minimum atomic E-state index is -0.461. The summed E-state index contributed by atoms with van der Waals surface area (Å²) in [7, 11) is 6.71. The van der Waals surface area contributed by atoms with E-state index in [0.29, 0.717) is 11.5 Å². The number of nitrogens with one attached hydrogen (secondary N) is 4. The molecular weight excluding hydrogens is 414 g/mol. The van der Waals surface area contributed by atoms with Crippen LogP contribution < -0.4 is 26.2 Å². The van der Waals surface area contributed by atoms with E-state index in [1.54, 1.807) is 18.0 Å². The highest BCUT2D eigenvalue weighted by Gasteiger charge is 2.32. The lowest BCUT2D eigenvalue weighted by molar-refractivity contribution is 0.0958. The molecule has 0 saturated carbocycles. The number of nitrogens with zero attached hydrogens (tertiary/aromatic N) is 7. The number of urea groups is 1. The summed E-state index contributed by atoms with van der Waals surface area (Å²) in [6.45, 7) is 2.03. The molecule has 0 unspecified atom stereocenters. The zero-order chi connectivity index (χ0) is 23.0. The van der Waals surface area contributed by atoms with E-state index in [4.69, 9.17) is 0 Å². The monoisotopic (exact) mass is 437 g/mol. The third-order valence-corrected chi connectivity index (χ3v) is 5.21. The van der Waals surface area contributed by atoms with Gasteiger partial charge in [0.05, 0.1) is 17.4 Å². The van der Waals surface area contributed by atoms with E-state index in [9.17, 15) is 9.59 Å². The number of hydrogen-bond acceptors (Lipinski definition) is 9. The molecule has 1 aliphatic rings. The van der Waals surface area contributed by atoms with Crippen molar-refractivity contribution in [2.45, 2.75) is 13.0 Å². The molecule has 0 bridgehead atoms. The summed E-state index contributed by atoms with van der Waals surface area (Å²) >= 11 is 0. The number of carbonyl (C=O) groups excluding carboxylic acids is 2. The van der Waals surface area contributed by atoms with Crippen LogP contribution in [0.15, 0.2) is 18.3 Å². The number of carbonyl (C=O) groups is 2. The molecule has 0 aromatic carbocycles. The summed E-state index contributed by atoms with van der Waals surface area (Å²) in [6.07, 6.45) is 1.65. The highest BCUT2D eigenvalue weighted by molar-refractivity contribution is 6.00. The molecule has 166 valence electrons. The van der Waals surface area contributed by atoms with Crippen molar-refractivity contribution in [1.29, 1.82) is 0 Å². The fraction of sp³-hybridized carbons (Fsp3) is 0.316. The van der Waals surface area contributed by atoms with Crippen LogP contribution in [0.3, 0.4) is 0 Å². The average Bonchev–Trinajstić information content (AvgIpc) is 3.19. The molecule has 32 heavy (non-hydrogen) atoms. The first-order valence-electron chi connectivity index (χ1n) is 9.83. The van der Waals surface area contributed by atoms with Gasteiger partial charge in [0, 0.05) is 46.0 Å². The molecule has 0 saturated heterocycles. The molecule has 3 aromatic heterocycles. The highest BCUT2D eigenvalue weighted by Crippen LogP contribution is 2.45. The maximum absolute atomic E-state index is 12.4. The summed E-state index contributed by atoms with van der Waals surface area (Å²) < 4.78 is 0. The van der Waals surface area contributed by atoms with Crippen LogP contribution in [0.1, 0.15) is 29.1 Å². The van der Waals surface area contributed by atoms with Gasteiger partial charge in [-0.2, -0.15) is 15.0 Å². The van der Waals surface area contributed by atoms with Gasteiger partial charge in [-0.05, 0) is 13.0 Å². The van der Waals surface area contributed by atoms with Gasteiger partial charge < -0.3 is 20.9 Å². The Bertz CT molecular complexity index is 1210. The zero-order valence-corrected chi connectivity index (χ0v) is 18.3.